The van der Waals surface area contributed by atoms with Gasteiger partial charge in [0.2, 0.25) is 0 Å². The Balaban J connectivity index is 1.81. The van der Waals surface area contributed by atoms with Gasteiger partial charge in [-0.05, 0) is 25.0 Å². The summed E-state index contributed by atoms with van der Waals surface area (Å²) in [5.74, 6) is 0. The highest BCUT2D eigenvalue weighted by atomic mass is 16.6. The van der Waals surface area contributed by atoms with Crippen LogP contribution >= 0.6 is 0 Å². The lowest BCUT2D eigenvalue weighted by Crippen LogP contribution is -2.20. The van der Waals surface area contributed by atoms with E-state index >= 15 is 0 Å². The van der Waals surface area contributed by atoms with Gasteiger partial charge in [0.15, 0.2) is 0 Å². The summed E-state index contributed by atoms with van der Waals surface area (Å²) in [6.07, 6.45) is 6.38. The van der Waals surface area contributed by atoms with E-state index in [1.807, 2.05) is 6.07 Å². The lowest BCUT2D eigenvalue weighted by atomic mass is 9.98. The summed E-state index contributed by atoms with van der Waals surface area (Å²) < 4.78 is 5.78. The summed E-state index contributed by atoms with van der Waals surface area (Å²) in [5, 5.41) is 22.8. The lowest BCUT2D eigenvalue weighted by molar-refractivity contribution is -0.385. The minimum absolute atomic E-state index is 0.0732. The summed E-state index contributed by atoms with van der Waals surface area (Å²) in [4.78, 5) is 10.3. The third-order valence-corrected chi connectivity index (χ3v) is 3.65. The summed E-state index contributed by atoms with van der Waals surface area (Å²) in [6.45, 7) is 1.18. The zero-order chi connectivity index (χ0) is 15.1. The molecule has 0 spiro atoms. The fourth-order valence-electron chi connectivity index (χ4n) is 2.54. The first-order chi connectivity index (χ1) is 10.2. The largest absolute Gasteiger partial charge is 0.383 e. The first-order valence-corrected chi connectivity index (χ1v) is 7.24. The molecule has 0 amide bonds. The second-order valence-corrected chi connectivity index (χ2v) is 5.16. The van der Waals surface area contributed by atoms with Gasteiger partial charge >= 0.3 is 0 Å². The molecule has 1 saturated carbocycles. The van der Waals surface area contributed by atoms with Crippen molar-refractivity contribution in [1.29, 1.82) is 5.26 Å². The minimum atomic E-state index is -0.539. The van der Waals surface area contributed by atoms with E-state index in [9.17, 15) is 10.1 Å². The molecule has 0 heterocycles. The minimum Gasteiger partial charge on any atom is -0.383 e. The molecule has 0 atom stereocenters. The number of benzene rings is 1. The molecule has 0 aliphatic heterocycles. The Hall–Kier alpha value is -2.13. The maximum absolute atomic E-state index is 10.9. The first kappa shape index (κ1) is 15.3. The van der Waals surface area contributed by atoms with Crippen LogP contribution in [0.25, 0.3) is 0 Å². The maximum Gasteiger partial charge on any atom is 0.289 e. The molecule has 1 aromatic carbocycles. The summed E-state index contributed by atoms with van der Waals surface area (Å²) >= 11 is 0. The highest BCUT2D eigenvalue weighted by molar-refractivity contribution is 5.59. The van der Waals surface area contributed by atoms with E-state index in [4.69, 9.17) is 10.00 Å². The van der Waals surface area contributed by atoms with Gasteiger partial charge in [-0.25, -0.2) is 0 Å². The molecule has 1 aliphatic rings. The van der Waals surface area contributed by atoms with Crippen LogP contribution in [0.2, 0.25) is 0 Å². The standard InChI is InChI=1S/C15H19N3O3/c16-11-12-6-7-13(10-15(12)18(19)20)17-8-9-21-14-4-2-1-3-5-14/h6-7,10,14,17H,1-5,8-9H2. The zero-order valence-corrected chi connectivity index (χ0v) is 11.9. The van der Waals surface area contributed by atoms with Crippen LogP contribution in [0.15, 0.2) is 18.2 Å². The number of nitro groups is 1. The Morgan fingerprint density at radius 2 is 2.14 bits per heavy atom. The first-order valence-electron chi connectivity index (χ1n) is 7.24. The molecule has 2 rings (SSSR count). The molecule has 1 fully saturated rings. The van der Waals surface area contributed by atoms with E-state index in [0.717, 1.165) is 12.8 Å². The topological polar surface area (TPSA) is 88.2 Å². The van der Waals surface area contributed by atoms with E-state index in [-0.39, 0.29) is 11.3 Å². The van der Waals surface area contributed by atoms with Crippen molar-refractivity contribution in [3.63, 3.8) is 0 Å². The van der Waals surface area contributed by atoms with E-state index in [1.54, 1.807) is 6.07 Å². The monoisotopic (exact) mass is 289 g/mol. The number of hydrogen-bond acceptors (Lipinski definition) is 5. The van der Waals surface area contributed by atoms with E-state index < -0.39 is 4.92 Å². The van der Waals surface area contributed by atoms with Crippen LogP contribution in [0.4, 0.5) is 11.4 Å². The number of anilines is 1. The van der Waals surface area contributed by atoms with Crippen molar-refractivity contribution >= 4 is 11.4 Å². The third kappa shape index (κ3) is 4.43. The number of nitrogens with zero attached hydrogens (tertiary/aromatic N) is 2. The van der Waals surface area contributed by atoms with Crippen molar-refractivity contribution in [2.45, 2.75) is 38.2 Å². The SMILES string of the molecule is N#Cc1ccc(NCCOC2CCCCC2)cc1[N+](=O)[O-]. The Bertz CT molecular complexity index is 533. The normalized spacial score (nSPS) is 15.4. The molecule has 1 aliphatic carbocycles. The molecule has 0 aromatic heterocycles. The van der Waals surface area contributed by atoms with Crippen molar-refractivity contribution in [2.24, 2.45) is 0 Å². The van der Waals surface area contributed by atoms with Crippen LogP contribution in [-0.2, 0) is 4.74 Å². The molecular formula is C15H19N3O3. The lowest BCUT2D eigenvalue weighted by Gasteiger charge is -2.22. The average molecular weight is 289 g/mol. The fourth-order valence-corrected chi connectivity index (χ4v) is 2.54. The number of rotatable bonds is 6. The van der Waals surface area contributed by atoms with Crippen molar-refractivity contribution in [3.8, 4) is 6.07 Å². The Kier molecular flexibility index (Phi) is 5.52. The average Bonchev–Trinajstić information content (AvgIpc) is 2.52. The number of nitro benzene ring substituents is 1. The van der Waals surface area contributed by atoms with Crippen molar-refractivity contribution in [3.05, 3.63) is 33.9 Å². The van der Waals surface area contributed by atoms with Crippen LogP contribution in [0.3, 0.4) is 0 Å². The highest BCUT2D eigenvalue weighted by Crippen LogP contribution is 2.23. The Morgan fingerprint density at radius 1 is 1.38 bits per heavy atom. The van der Waals surface area contributed by atoms with Crippen LogP contribution in [0, 0.1) is 21.4 Å². The van der Waals surface area contributed by atoms with Gasteiger partial charge in [-0.15, -0.1) is 0 Å². The molecule has 6 heteroatoms. The second kappa shape index (κ2) is 7.60. The molecule has 6 nitrogen and oxygen atoms in total. The quantitative estimate of drug-likeness (QED) is 0.493. The summed E-state index contributed by atoms with van der Waals surface area (Å²) in [5.41, 5.74) is 0.535. The Morgan fingerprint density at radius 3 is 2.81 bits per heavy atom. The number of hydrogen-bond donors (Lipinski definition) is 1. The predicted octanol–water partition coefficient (Wildman–Crippen LogP) is 3.23. The second-order valence-electron chi connectivity index (χ2n) is 5.16. The summed E-state index contributed by atoms with van der Waals surface area (Å²) in [6, 6.07) is 6.34. The van der Waals surface area contributed by atoms with E-state index in [0.29, 0.717) is 24.9 Å². The molecule has 112 valence electrons. The molecule has 0 radical (unpaired) electrons. The van der Waals surface area contributed by atoms with Gasteiger partial charge in [-0.3, -0.25) is 10.1 Å². The van der Waals surface area contributed by atoms with Gasteiger partial charge in [-0.1, -0.05) is 19.3 Å². The molecule has 0 saturated heterocycles. The Labute approximate surface area is 123 Å². The van der Waals surface area contributed by atoms with Crippen LogP contribution in [0.5, 0.6) is 0 Å². The number of ether oxygens (including phenoxy) is 1. The van der Waals surface area contributed by atoms with E-state index in [2.05, 4.69) is 5.32 Å². The molecule has 1 N–H and O–H groups in total. The van der Waals surface area contributed by atoms with Gasteiger partial charge in [0.05, 0.1) is 17.6 Å². The maximum atomic E-state index is 10.9. The van der Waals surface area contributed by atoms with Gasteiger partial charge in [0, 0.05) is 18.3 Å². The van der Waals surface area contributed by atoms with Gasteiger partial charge < -0.3 is 10.1 Å². The van der Waals surface area contributed by atoms with Crippen LogP contribution in [0.1, 0.15) is 37.7 Å². The fraction of sp³-hybridized carbons (Fsp3) is 0.533. The predicted molar refractivity (Wildman–Crippen MR) is 79.1 cm³/mol. The zero-order valence-electron chi connectivity index (χ0n) is 11.9. The van der Waals surface area contributed by atoms with Crippen LogP contribution in [-0.4, -0.2) is 24.2 Å². The highest BCUT2D eigenvalue weighted by Gasteiger charge is 2.15. The van der Waals surface area contributed by atoms with Crippen LogP contribution < -0.4 is 5.32 Å². The molecular weight excluding hydrogens is 270 g/mol. The molecule has 0 bridgehead atoms. The number of nitrogens with one attached hydrogen (secondary N) is 1. The van der Waals surface area contributed by atoms with Gasteiger partial charge in [0.1, 0.15) is 11.6 Å². The van der Waals surface area contributed by atoms with Crippen molar-refractivity contribution in [2.75, 3.05) is 18.5 Å². The molecule has 0 unspecified atom stereocenters. The summed E-state index contributed by atoms with van der Waals surface area (Å²) in [7, 11) is 0. The van der Waals surface area contributed by atoms with E-state index in [1.165, 1.54) is 31.4 Å². The third-order valence-electron chi connectivity index (χ3n) is 3.65. The molecule has 21 heavy (non-hydrogen) atoms. The van der Waals surface area contributed by atoms with Crippen molar-refractivity contribution in [1.82, 2.24) is 0 Å². The smallest absolute Gasteiger partial charge is 0.289 e. The van der Waals surface area contributed by atoms with Gasteiger partial charge in [0.25, 0.3) is 5.69 Å². The van der Waals surface area contributed by atoms with Gasteiger partial charge in [-0.2, -0.15) is 5.26 Å². The molecule has 1 aromatic rings. The number of nitriles is 1. The van der Waals surface area contributed by atoms with Crippen molar-refractivity contribution < 1.29 is 9.66 Å².